The van der Waals surface area contributed by atoms with E-state index < -0.39 is 0 Å². The van der Waals surface area contributed by atoms with Crippen LogP contribution >= 0.6 is 22.6 Å². The fourth-order valence-corrected chi connectivity index (χ4v) is 1.60. The van der Waals surface area contributed by atoms with Crippen molar-refractivity contribution >= 4 is 28.9 Å². The van der Waals surface area contributed by atoms with Crippen LogP contribution in [0.4, 0.5) is 0 Å². The van der Waals surface area contributed by atoms with Gasteiger partial charge in [-0.1, -0.05) is 0 Å². The van der Waals surface area contributed by atoms with Gasteiger partial charge < -0.3 is 4.74 Å². The number of nitrogens with zero attached hydrogens (tertiary/aromatic N) is 1. The highest BCUT2D eigenvalue weighted by Crippen LogP contribution is 2.31. The summed E-state index contributed by atoms with van der Waals surface area (Å²) in [5.74, 6) is 0.688. The Morgan fingerprint density at radius 2 is 2.31 bits per heavy atom. The van der Waals surface area contributed by atoms with Gasteiger partial charge in [-0.25, -0.2) is 0 Å². The van der Waals surface area contributed by atoms with E-state index in [0.29, 0.717) is 17.4 Å². The highest BCUT2D eigenvalue weighted by atomic mass is 127. The van der Waals surface area contributed by atoms with Gasteiger partial charge in [-0.2, -0.15) is 0 Å². The molecule has 0 aromatic carbocycles. The van der Waals surface area contributed by atoms with E-state index in [0.717, 1.165) is 22.7 Å². The molecule has 0 N–H and O–H groups in total. The van der Waals surface area contributed by atoms with E-state index >= 15 is 0 Å². The van der Waals surface area contributed by atoms with Gasteiger partial charge in [0, 0.05) is 12.4 Å². The van der Waals surface area contributed by atoms with Gasteiger partial charge in [0.25, 0.3) is 0 Å². The molecule has 0 saturated heterocycles. The van der Waals surface area contributed by atoms with Crippen molar-refractivity contribution < 1.29 is 9.53 Å². The molecule has 1 heterocycles. The van der Waals surface area contributed by atoms with Crippen molar-refractivity contribution in [3.05, 3.63) is 21.5 Å². The first-order valence-corrected chi connectivity index (χ1v) is 5.14. The normalized spacial score (nSPS) is 15.5. The van der Waals surface area contributed by atoms with Crippen LogP contribution in [-0.2, 0) is 0 Å². The first-order valence-electron chi connectivity index (χ1n) is 4.06. The summed E-state index contributed by atoms with van der Waals surface area (Å²) in [6.45, 7) is 0. The van der Waals surface area contributed by atoms with Gasteiger partial charge in [-0.15, -0.1) is 0 Å². The van der Waals surface area contributed by atoms with Crippen LogP contribution in [0.2, 0.25) is 0 Å². The molecule has 4 heteroatoms. The fourth-order valence-electron chi connectivity index (χ4n) is 0.999. The van der Waals surface area contributed by atoms with Crippen LogP contribution in [0, 0.1) is 3.57 Å². The topological polar surface area (TPSA) is 39.2 Å². The summed E-state index contributed by atoms with van der Waals surface area (Å²) >= 11 is 2.12. The maximum atomic E-state index is 10.7. The third-order valence-electron chi connectivity index (χ3n) is 1.82. The van der Waals surface area contributed by atoms with Gasteiger partial charge in [0.2, 0.25) is 0 Å². The summed E-state index contributed by atoms with van der Waals surface area (Å²) in [7, 11) is 0. The molecule has 3 nitrogen and oxygen atoms in total. The van der Waals surface area contributed by atoms with Gasteiger partial charge in [-0.3, -0.25) is 9.78 Å². The Hall–Kier alpha value is -0.650. The number of carbonyl (C=O) groups is 1. The predicted octanol–water partition coefficient (Wildman–Crippen LogP) is 2.04. The highest BCUT2D eigenvalue weighted by molar-refractivity contribution is 14.1. The number of hydrogen-bond donors (Lipinski definition) is 0. The maximum Gasteiger partial charge on any atom is 0.155 e. The molecule has 1 aromatic heterocycles. The number of ether oxygens (including phenoxy) is 1. The molecule has 0 bridgehead atoms. The van der Waals surface area contributed by atoms with E-state index in [4.69, 9.17) is 4.74 Å². The van der Waals surface area contributed by atoms with Crippen LogP contribution in [0.3, 0.4) is 0 Å². The van der Waals surface area contributed by atoms with E-state index in [2.05, 4.69) is 27.6 Å². The fraction of sp³-hybridized carbons (Fsp3) is 0.333. The van der Waals surface area contributed by atoms with E-state index in [1.54, 1.807) is 6.20 Å². The molecule has 0 unspecified atom stereocenters. The summed E-state index contributed by atoms with van der Waals surface area (Å²) in [5.41, 5.74) is 0.541. The molecular weight excluding hydrogens is 281 g/mol. The van der Waals surface area contributed by atoms with Gasteiger partial charge >= 0.3 is 0 Å². The molecule has 68 valence electrons. The number of hydrogen-bond acceptors (Lipinski definition) is 3. The van der Waals surface area contributed by atoms with Crippen LogP contribution in [0.25, 0.3) is 0 Å². The summed E-state index contributed by atoms with van der Waals surface area (Å²) in [4.78, 5) is 14.6. The Morgan fingerprint density at radius 1 is 1.54 bits per heavy atom. The minimum absolute atomic E-state index is 0.314. The Kier molecular flexibility index (Phi) is 2.48. The van der Waals surface area contributed by atoms with Gasteiger partial charge in [0.15, 0.2) is 6.29 Å². The Morgan fingerprint density at radius 3 is 2.92 bits per heavy atom. The molecule has 1 aliphatic carbocycles. The first kappa shape index (κ1) is 8.93. The average Bonchev–Trinajstić information content (AvgIpc) is 2.92. The second-order valence-electron chi connectivity index (χ2n) is 2.97. The summed E-state index contributed by atoms with van der Waals surface area (Å²) in [6.07, 6.45) is 6.52. The number of aromatic nitrogens is 1. The summed E-state index contributed by atoms with van der Waals surface area (Å²) < 4.78 is 6.50. The molecule has 0 amide bonds. The molecule has 0 atom stereocenters. The van der Waals surface area contributed by atoms with Crippen LogP contribution in [0.5, 0.6) is 5.75 Å². The number of pyridine rings is 1. The molecule has 1 fully saturated rings. The number of halogens is 1. The molecule has 0 aliphatic heterocycles. The zero-order valence-electron chi connectivity index (χ0n) is 6.87. The van der Waals surface area contributed by atoms with E-state index in [9.17, 15) is 4.79 Å². The van der Waals surface area contributed by atoms with E-state index in [1.165, 1.54) is 6.20 Å². The van der Waals surface area contributed by atoms with Crippen LogP contribution in [-0.4, -0.2) is 17.4 Å². The zero-order valence-corrected chi connectivity index (χ0v) is 9.02. The minimum atomic E-state index is 0.314. The van der Waals surface area contributed by atoms with Crippen molar-refractivity contribution in [2.75, 3.05) is 0 Å². The predicted molar refractivity (Wildman–Crippen MR) is 56.0 cm³/mol. The van der Waals surface area contributed by atoms with Crippen molar-refractivity contribution in [3.63, 3.8) is 0 Å². The lowest BCUT2D eigenvalue weighted by molar-refractivity contribution is 0.111. The Labute approximate surface area is 89.6 Å². The number of carbonyl (C=O) groups excluding carboxylic acids is 1. The first-order chi connectivity index (χ1) is 6.31. The number of rotatable bonds is 3. The smallest absolute Gasteiger partial charge is 0.155 e. The summed E-state index contributed by atoms with van der Waals surface area (Å²) in [6, 6.07) is 0. The van der Waals surface area contributed by atoms with Crippen molar-refractivity contribution in [3.8, 4) is 5.75 Å². The highest BCUT2D eigenvalue weighted by Gasteiger charge is 2.25. The van der Waals surface area contributed by atoms with Crippen LogP contribution in [0.1, 0.15) is 23.2 Å². The van der Waals surface area contributed by atoms with Crippen LogP contribution in [0.15, 0.2) is 12.4 Å². The summed E-state index contributed by atoms with van der Waals surface area (Å²) in [5, 5.41) is 0. The van der Waals surface area contributed by atoms with Crippen molar-refractivity contribution in [1.29, 1.82) is 0 Å². The largest absolute Gasteiger partial charge is 0.488 e. The Bertz CT molecular complexity index is 336. The maximum absolute atomic E-state index is 10.7. The van der Waals surface area contributed by atoms with E-state index in [-0.39, 0.29) is 0 Å². The lowest BCUT2D eigenvalue weighted by Crippen LogP contribution is -2.01. The quantitative estimate of drug-likeness (QED) is 0.631. The van der Waals surface area contributed by atoms with Crippen molar-refractivity contribution in [1.82, 2.24) is 4.98 Å². The van der Waals surface area contributed by atoms with Crippen molar-refractivity contribution in [2.45, 2.75) is 18.9 Å². The van der Waals surface area contributed by atoms with Gasteiger partial charge in [0.05, 0.1) is 15.2 Å². The molecule has 2 rings (SSSR count). The minimum Gasteiger partial charge on any atom is -0.488 e. The third kappa shape index (κ3) is 1.99. The molecule has 1 aromatic rings. The van der Waals surface area contributed by atoms with E-state index in [1.807, 2.05) is 0 Å². The second-order valence-corrected chi connectivity index (χ2v) is 4.14. The molecule has 1 aliphatic rings. The molecule has 13 heavy (non-hydrogen) atoms. The molecular formula is C9H8INO2. The van der Waals surface area contributed by atoms with Crippen LogP contribution < -0.4 is 4.74 Å². The Balaban J connectivity index is 2.32. The lowest BCUT2D eigenvalue weighted by atomic mass is 10.3. The second kappa shape index (κ2) is 3.61. The zero-order chi connectivity index (χ0) is 9.26. The molecule has 0 radical (unpaired) electrons. The average molecular weight is 289 g/mol. The van der Waals surface area contributed by atoms with Gasteiger partial charge in [-0.05, 0) is 35.4 Å². The SMILES string of the molecule is O=Cc1cncc(I)c1OC1CC1. The monoisotopic (exact) mass is 289 g/mol. The number of aldehydes is 1. The standard InChI is InChI=1S/C9H8INO2/c10-8-4-11-3-6(5-12)9(8)13-7-1-2-7/h3-5,7H,1-2H2. The third-order valence-corrected chi connectivity index (χ3v) is 2.58. The van der Waals surface area contributed by atoms with Crippen molar-refractivity contribution in [2.24, 2.45) is 0 Å². The lowest BCUT2D eigenvalue weighted by Gasteiger charge is -2.07. The van der Waals surface area contributed by atoms with Gasteiger partial charge in [0.1, 0.15) is 5.75 Å². The molecule has 0 spiro atoms. The molecule has 1 saturated carbocycles.